The van der Waals surface area contributed by atoms with Crippen molar-refractivity contribution in [3.8, 4) is 11.5 Å². The van der Waals surface area contributed by atoms with Crippen molar-refractivity contribution in [2.75, 3.05) is 19.5 Å². The number of benzene rings is 1. The molecule has 1 aromatic rings. The van der Waals surface area contributed by atoms with Crippen LogP contribution in [-0.2, 0) is 0 Å². The van der Waals surface area contributed by atoms with E-state index in [1.807, 2.05) is 0 Å². The maximum absolute atomic E-state index is 6.08. The Hall–Kier alpha value is -1.20. The summed E-state index contributed by atoms with van der Waals surface area (Å²) in [6.45, 7) is 0. The largest absolute Gasteiger partial charge is 0.495 e. The number of nitrogens with one attached hydrogen (secondary N) is 2. The van der Waals surface area contributed by atoms with E-state index in [4.69, 9.17) is 33.3 Å². The lowest BCUT2D eigenvalue weighted by Gasteiger charge is -2.15. The zero-order valence-corrected chi connectivity index (χ0v) is 11.8. The second kappa shape index (κ2) is 5.63. The summed E-state index contributed by atoms with van der Waals surface area (Å²) in [4.78, 5) is 0. The minimum atomic E-state index is 0.504. The van der Waals surface area contributed by atoms with Gasteiger partial charge in [-0.2, -0.15) is 0 Å². The predicted molar refractivity (Wildman–Crippen MR) is 76.9 cm³/mol. The van der Waals surface area contributed by atoms with E-state index in [0.29, 0.717) is 27.7 Å². The van der Waals surface area contributed by atoms with Crippen molar-refractivity contribution in [1.82, 2.24) is 5.32 Å². The zero-order chi connectivity index (χ0) is 13.1. The molecular weight excluding hydrogens is 272 g/mol. The van der Waals surface area contributed by atoms with E-state index in [1.54, 1.807) is 26.4 Å². The molecule has 98 valence electrons. The molecule has 1 fully saturated rings. The van der Waals surface area contributed by atoms with Gasteiger partial charge in [0.1, 0.15) is 11.5 Å². The fourth-order valence-electron chi connectivity index (χ4n) is 1.53. The van der Waals surface area contributed by atoms with Crippen LogP contribution < -0.4 is 20.1 Å². The zero-order valence-electron chi connectivity index (χ0n) is 10.2. The summed E-state index contributed by atoms with van der Waals surface area (Å²) in [6.07, 6.45) is 2.34. The molecule has 1 aliphatic rings. The molecule has 4 nitrogen and oxygen atoms in total. The molecule has 0 saturated heterocycles. The topological polar surface area (TPSA) is 42.5 Å². The van der Waals surface area contributed by atoms with Crippen molar-refractivity contribution in [3.63, 3.8) is 0 Å². The van der Waals surface area contributed by atoms with Crippen LogP contribution in [0.4, 0.5) is 5.69 Å². The number of methoxy groups -OCH3 is 2. The van der Waals surface area contributed by atoms with E-state index >= 15 is 0 Å². The summed E-state index contributed by atoms with van der Waals surface area (Å²) in [5.41, 5.74) is 0.724. The smallest absolute Gasteiger partial charge is 0.171 e. The Morgan fingerprint density at radius 1 is 1.28 bits per heavy atom. The van der Waals surface area contributed by atoms with Crippen molar-refractivity contribution < 1.29 is 9.47 Å². The molecule has 0 unspecified atom stereocenters. The second-order valence-corrected chi connectivity index (χ2v) is 4.88. The first-order valence-electron chi connectivity index (χ1n) is 5.63. The number of ether oxygens (including phenoxy) is 2. The van der Waals surface area contributed by atoms with Crippen molar-refractivity contribution in [3.05, 3.63) is 17.2 Å². The highest BCUT2D eigenvalue weighted by atomic mass is 35.5. The van der Waals surface area contributed by atoms with Crippen LogP contribution in [0.25, 0.3) is 0 Å². The molecule has 0 aromatic heterocycles. The molecule has 2 N–H and O–H groups in total. The van der Waals surface area contributed by atoms with Gasteiger partial charge in [0.25, 0.3) is 0 Å². The average molecular weight is 287 g/mol. The molecule has 0 spiro atoms. The third-order valence-electron chi connectivity index (χ3n) is 2.63. The number of hydrogen-bond acceptors (Lipinski definition) is 3. The van der Waals surface area contributed by atoms with Crippen LogP contribution in [0.3, 0.4) is 0 Å². The van der Waals surface area contributed by atoms with Crippen LogP contribution in [0.15, 0.2) is 12.1 Å². The Bertz CT molecular complexity index is 464. The molecule has 0 bridgehead atoms. The molecule has 1 aromatic carbocycles. The third-order valence-corrected chi connectivity index (χ3v) is 3.15. The highest BCUT2D eigenvalue weighted by Crippen LogP contribution is 2.35. The molecular formula is C12H15ClN2O2S. The van der Waals surface area contributed by atoms with E-state index in [0.717, 1.165) is 5.69 Å². The maximum Gasteiger partial charge on any atom is 0.171 e. The van der Waals surface area contributed by atoms with E-state index < -0.39 is 0 Å². The van der Waals surface area contributed by atoms with Crippen molar-refractivity contribution in [2.45, 2.75) is 18.9 Å². The van der Waals surface area contributed by atoms with Crippen LogP contribution in [0, 0.1) is 0 Å². The molecule has 0 radical (unpaired) electrons. The molecule has 0 aliphatic heterocycles. The average Bonchev–Trinajstić information content (AvgIpc) is 3.13. The first kappa shape index (κ1) is 13.2. The first-order chi connectivity index (χ1) is 8.63. The van der Waals surface area contributed by atoms with E-state index in [1.165, 1.54) is 12.8 Å². The monoisotopic (exact) mass is 286 g/mol. The van der Waals surface area contributed by atoms with Crippen molar-refractivity contribution in [1.29, 1.82) is 0 Å². The number of rotatable bonds is 4. The molecule has 2 rings (SSSR count). The quantitative estimate of drug-likeness (QED) is 0.833. The number of hydrogen-bond donors (Lipinski definition) is 2. The van der Waals surface area contributed by atoms with Gasteiger partial charge in [-0.3, -0.25) is 0 Å². The van der Waals surface area contributed by atoms with Crippen LogP contribution >= 0.6 is 23.8 Å². The lowest BCUT2D eigenvalue weighted by atomic mass is 10.2. The molecule has 1 aliphatic carbocycles. The van der Waals surface area contributed by atoms with Crippen LogP contribution in [0.5, 0.6) is 11.5 Å². The Balaban J connectivity index is 2.14. The number of anilines is 1. The summed E-state index contributed by atoms with van der Waals surface area (Å²) in [7, 11) is 3.15. The minimum absolute atomic E-state index is 0.504. The SMILES string of the molecule is COc1cc(OC)c(NC(=S)NC2CC2)cc1Cl. The Morgan fingerprint density at radius 2 is 1.94 bits per heavy atom. The number of halogens is 1. The molecule has 0 atom stereocenters. The predicted octanol–water partition coefficient (Wildman–Crippen LogP) is 2.81. The highest BCUT2D eigenvalue weighted by Gasteiger charge is 2.22. The normalized spacial score (nSPS) is 13.9. The van der Waals surface area contributed by atoms with Gasteiger partial charge in [0.15, 0.2) is 5.11 Å². The Morgan fingerprint density at radius 3 is 2.50 bits per heavy atom. The molecule has 0 heterocycles. The fraction of sp³-hybridized carbons (Fsp3) is 0.417. The van der Waals surface area contributed by atoms with Gasteiger partial charge in [-0.05, 0) is 31.1 Å². The second-order valence-electron chi connectivity index (χ2n) is 4.06. The lowest BCUT2D eigenvalue weighted by Crippen LogP contribution is -2.30. The lowest BCUT2D eigenvalue weighted by molar-refractivity contribution is 0.396. The summed E-state index contributed by atoms with van der Waals surface area (Å²) in [6, 6.07) is 3.97. The van der Waals surface area contributed by atoms with Gasteiger partial charge in [-0.15, -0.1) is 0 Å². The maximum atomic E-state index is 6.08. The van der Waals surface area contributed by atoms with Gasteiger partial charge >= 0.3 is 0 Å². The Labute approximate surface area is 117 Å². The van der Waals surface area contributed by atoms with Crippen LogP contribution in [0.2, 0.25) is 5.02 Å². The number of thiocarbonyl (C=S) groups is 1. The van der Waals surface area contributed by atoms with E-state index in [-0.39, 0.29) is 0 Å². The highest BCUT2D eigenvalue weighted by molar-refractivity contribution is 7.80. The van der Waals surface area contributed by atoms with Crippen molar-refractivity contribution in [2.24, 2.45) is 0 Å². The van der Waals surface area contributed by atoms with Gasteiger partial charge in [-0.25, -0.2) is 0 Å². The summed E-state index contributed by atoms with van der Waals surface area (Å²) in [5, 5.41) is 7.36. The summed E-state index contributed by atoms with van der Waals surface area (Å²) >= 11 is 11.3. The minimum Gasteiger partial charge on any atom is -0.495 e. The third kappa shape index (κ3) is 3.17. The molecule has 1 saturated carbocycles. The van der Waals surface area contributed by atoms with Gasteiger partial charge in [-0.1, -0.05) is 11.6 Å². The van der Waals surface area contributed by atoms with E-state index in [9.17, 15) is 0 Å². The van der Waals surface area contributed by atoms with E-state index in [2.05, 4.69) is 10.6 Å². The standard InChI is InChI=1S/C12H15ClN2O2S/c1-16-10-6-11(17-2)9(5-8(10)13)15-12(18)14-7-3-4-7/h5-7H,3-4H2,1-2H3,(H2,14,15,18). The Kier molecular flexibility index (Phi) is 4.14. The van der Waals surface area contributed by atoms with Gasteiger partial charge in [0.2, 0.25) is 0 Å². The first-order valence-corrected chi connectivity index (χ1v) is 6.41. The molecule has 18 heavy (non-hydrogen) atoms. The van der Waals surface area contributed by atoms with Gasteiger partial charge in [0.05, 0.1) is 24.9 Å². The van der Waals surface area contributed by atoms with Crippen LogP contribution in [-0.4, -0.2) is 25.4 Å². The van der Waals surface area contributed by atoms with Crippen LogP contribution in [0.1, 0.15) is 12.8 Å². The molecule has 6 heteroatoms. The van der Waals surface area contributed by atoms with Gasteiger partial charge in [0, 0.05) is 12.1 Å². The molecule has 0 amide bonds. The summed E-state index contributed by atoms with van der Waals surface area (Å²) < 4.78 is 10.4. The fourth-order valence-corrected chi connectivity index (χ4v) is 2.05. The van der Waals surface area contributed by atoms with Gasteiger partial charge < -0.3 is 20.1 Å². The van der Waals surface area contributed by atoms with Crippen molar-refractivity contribution >= 4 is 34.6 Å². The summed E-state index contributed by atoms with van der Waals surface area (Å²) in [5.74, 6) is 1.20.